The molecule has 0 radical (unpaired) electrons. The van der Waals surface area contributed by atoms with Crippen molar-refractivity contribution in [1.82, 2.24) is 0 Å². The Labute approximate surface area is 118 Å². The van der Waals surface area contributed by atoms with E-state index in [2.05, 4.69) is 50.8 Å². The summed E-state index contributed by atoms with van der Waals surface area (Å²) in [5.41, 5.74) is 0. The van der Waals surface area contributed by atoms with Crippen LogP contribution in [0.25, 0.3) is 0 Å². The van der Waals surface area contributed by atoms with Crippen molar-refractivity contribution in [1.29, 1.82) is 0 Å². The Morgan fingerprint density at radius 1 is 1.11 bits per heavy atom. The van der Waals surface area contributed by atoms with Crippen LogP contribution in [0.1, 0.15) is 60.8 Å². The topological polar surface area (TPSA) is 0 Å². The molecule has 1 fully saturated rings. The van der Waals surface area contributed by atoms with E-state index in [0.717, 1.165) is 41.4 Å². The molecule has 0 aromatic rings. The lowest BCUT2D eigenvalue weighted by Gasteiger charge is -2.48. The lowest BCUT2D eigenvalue weighted by Crippen LogP contribution is -2.41. The second-order valence-corrected chi connectivity index (χ2v) is 7.84. The molecule has 1 saturated carbocycles. The molecular weight excluding hydrogens is 235 g/mol. The molecule has 6 unspecified atom stereocenters. The first-order valence-electron chi connectivity index (χ1n) is 8.12. The average Bonchev–Trinajstić information content (AvgIpc) is 2.30. The van der Waals surface area contributed by atoms with Gasteiger partial charge in [-0.05, 0) is 60.4 Å². The molecule has 0 N–H and O–H groups in total. The van der Waals surface area contributed by atoms with E-state index in [1.165, 1.54) is 25.4 Å². The Morgan fingerprint density at radius 2 is 1.72 bits per heavy atom. The maximum Gasteiger partial charge on any atom is -0.0346 e. The molecule has 0 aromatic carbocycles. The fraction of sp³-hybridized carbons (Fsp3) is 1.00. The molecule has 0 spiro atoms. The molecule has 0 amide bonds. The van der Waals surface area contributed by atoms with Gasteiger partial charge in [0, 0.05) is 0 Å². The highest BCUT2D eigenvalue weighted by Gasteiger charge is 2.41. The van der Waals surface area contributed by atoms with E-state index in [9.17, 15) is 0 Å². The second-order valence-electron chi connectivity index (χ2n) is 7.36. The molecule has 0 heterocycles. The first kappa shape index (κ1) is 16.5. The Hall–Kier alpha value is 0.430. The van der Waals surface area contributed by atoms with Crippen molar-refractivity contribution < 1.29 is 0 Å². The summed E-state index contributed by atoms with van der Waals surface area (Å²) in [4.78, 5) is 0. The summed E-state index contributed by atoms with van der Waals surface area (Å²) in [6.45, 7) is 14.6. The number of hydrogen-bond acceptors (Lipinski definition) is 0. The van der Waals surface area contributed by atoms with E-state index in [1.54, 1.807) is 0 Å². The minimum Gasteiger partial charge on any atom is -0.137 e. The highest BCUT2D eigenvalue weighted by atomic mass is 31.0. The summed E-state index contributed by atoms with van der Waals surface area (Å²) >= 11 is 0. The number of hydrogen-bond donors (Lipinski definition) is 0. The molecule has 0 bridgehead atoms. The summed E-state index contributed by atoms with van der Waals surface area (Å²) in [5, 5.41) is 0. The molecule has 108 valence electrons. The summed E-state index contributed by atoms with van der Waals surface area (Å²) in [6, 6.07) is 0. The lowest BCUT2D eigenvalue weighted by molar-refractivity contribution is 0.0203. The number of rotatable bonds is 5. The zero-order valence-corrected chi connectivity index (χ0v) is 14.6. The molecule has 1 heteroatoms. The molecule has 1 aliphatic carbocycles. The van der Waals surface area contributed by atoms with Crippen LogP contribution in [0.15, 0.2) is 0 Å². The molecule has 0 nitrogen and oxygen atoms in total. The Balaban J connectivity index is 2.87. The molecule has 0 aromatic heterocycles. The standard InChI is InChI=1S/C17H35P/c1-7-15-13(6)17(8-11(2)3)14(10-18)9-16(15)12(4)5/h11-17H,7-10,18H2,1-6H3. The van der Waals surface area contributed by atoms with E-state index in [1.807, 2.05) is 0 Å². The molecule has 0 saturated heterocycles. The fourth-order valence-electron chi connectivity index (χ4n) is 4.50. The van der Waals surface area contributed by atoms with Crippen molar-refractivity contribution >= 4 is 9.24 Å². The predicted octanol–water partition coefficient (Wildman–Crippen LogP) is 5.48. The predicted molar refractivity (Wildman–Crippen MR) is 86.9 cm³/mol. The third kappa shape index (κ3) is 3.72. The van der Waals surface area contributed by atoms with E-state index < -0.39 is 0 Å². The first-order valence-corrected chi connectivity index (χ1v) is 8.93. The van der Waals surface area contributed by atoms with Crippen LogP contribution in [0.5, 0.6) is 0 Å². The van der Waals surface area contributed by atoms with Crippen LogP contribution in [0, 0.1) is 41.4 Å². The molecule has 1 aliphatic rings. The molecular formula is C17H35P. The highest BCUT2D eigenvalue weighted by Crippen LogP contribution is 2.48. The quantitative estimate of drug-likeness (QED) is 0.580. The van der Waals surface area contributed by atoms with Gasteiger partial charge in [0.2, 0.25) is 0 Å². The average molecular weight is 270 g/mol. The molecule has 1 rings (SSSR count). The van der Waals surface area contributed by atoms with Crippen LogP contribution >= 0.6 is 9.24 Å². The van der Waals surface area contributed by atoms with Gasteiger partial charge < -0.3 is 0 Å². The second kappa shape index (κ2) is 7.28. The van der Waals surface area contributed by atoms with Crippen LogP contribution in [-0.2, 0) is 0 Å². The Bertz CT molecular complexity index is 234. The normalized spacial score (nSPS) is 37.5. The van der Waals surface area contributed by atoms with Gasteiger partial charge in [0.05, 0.1) is 0 Å². The van der Waals surface area contributed by atoms with Gasteiger partial charge >= 0.3 is 0 Å². The van der Waals surface area contributed by atoms with Gasteiger partial charge in [-0.25, -0.2) is 0 Å². The van der Waals surface area contributed by atoms with Gasteiger partial charge in [-0.3, -0.25) is 0 Å². The zero-order valence-electron chi connectivity index (χ0n) is 13.4. The molecule has 18 heavy (non-hydrogen) atoms. The summed E-state index contributed by atoms with van der Waals surface area (Å²) in [7, 11) is 3.02. The van der Waals surface area contributed by atoms with Crippen LogP contribution in [0.3, 0.4) is 0 Å². The van der Waals surface area contributed by atoms with Crippen LogP contribution in [-0.4, -0.2) is 6.16 Å². The maximum atomic E-state index is 3.02. The Morgan fingerprint density at radius 3 is 2.11 bits per heavy atom. The lowest BCUT2D eigenvalue weighted by atomic mass is 9.58. The SMILES string of the molecule is CCC1C(C)C(CC(C)C)C(CP)CC1C(C)C. The maximum absolute atomic E-state index is 3.02. The third-order valence-corrected chi connectivity index (χ3v) is 6.06. The van der Waals surface area contributed by atoms with Crippen LogP contribution in [0.4, 0.5) is 0 Å². The van der Waals surface area contributed by atoms with E-state index in [4.69, 9.17) is 0 Å². The van der Waals surface area contributed by atoms with Gasteiger partial charge in [0.15, 0.2) is 0 Å². The van der Waals surface area contributed by atoms with Crippen molar-refractivity contribution in [3.05, 3.63) is 0 Å². The first-order chi connectivity index (χ1) is 8.42. The minimum atomic E-state index is 0.851. The highest BCUT2D eigenvalue weighted by molar-refractivity contribution is 7.16. The third-order valence-electron chi connectivity index (χ3n) is 5.46. The largest absolute Gasteiger partial charge is 0.137 e. The van der Waals surface area contributed by atoms with Crippen molar-refractivity contribution in [2.24, 2.45) is 41.4 Å². The Kier molecular flexibility index (Phi) is 6.66. The monoisotopic (exact) mass is 270 g/mol. The molecule has 0 aliphatic heterocycles. The fourth-order valence-corrected chi connectivity index (χ4v) is 5.04. The van der Waals surface area contributed by atoms with Crippen LogP contribution < -0.4 is 0 Å². The smallest absolute Gasteiger partial charge is 0.0346 e. The van der Waals surface area contributed by atoms with E-state index in [0.29, 0.717) is 0 Å². The van der Waals surface area contributed by atoms with Crippen molar-refractivity contribution in [2.75, 3.05) is 6.16 Å². The van der Waals surface area contributed by atoms with Gasteiger partial charge in [0.1, 0.15) is 0 Å². The van der Waals surface area contributed by atoms with Crippen molar-refractivity contribution in [3.63, 3.8) is 0 Å². The summed E-state index contributed by atoms with van der Waals surface area (Å²) in [6.07, 6.45) is 5.59. The van der Waals surface area contributed by atoms with Crippen LogP contribution in [0.2, 0.25) is 0 Å². The summed E-state index contributed by atoms with van der Waals surface area (Å²) in [5.74, 6) is 6.45. The van der Waals surface area contributed by atoms with Gasteiger partial charge in [0.25, 0.3) is 0 Å². The minimum absolute atomic E-state index is 0.851. The van der Waals surface area contributed by atoms with Gasteiger partial charge in [-0.2, -0.15) is 0 Å². The zero-order chi connectivity index (χ0) is 13.9. The summed E-state index contributed by atoms with van der Waals surface area (Å²) < 4.78 is 0. The van der Waals surface area contributed by atoms with E-state index >= 15 is 0 Å². The molecule has 6 atom stereocenters. The van der Waals surface area contributed by atoms with E-state index in [-0.39, 0.29) is 0 Å². The van der Waals surface area contributed by atoms with Crippen molar-refractivity contribution in [3.8, 4) is 0 Å². The van der Waals surface area contributed by atoms with Gasteiger partial charge in [-0.15, -0.1) is 9.24 Å². The van der Waals surface area contributed by atoms with Crippen molar-refractivity contribution in [2.45, 2.75) is 60.8 Å². The van der Waals surface area contributed by atoms with Gasteiger partial charge in [-0.1, -0.05) is 48.0 Å².